The molecule has 3 rings (SSSR count). The molecule has 5 nitrogen and oxygen atoms in total. The predicted molar refractivity (Wildman–Crippen MR) is 104 cm³/mol. The summed E-state index contributed by atoms with van der Waals surface area (Å²) in [5.74, 6) is -0.452. The monoisotopic (exact) mass is 407 g/mol. The van der Waals surface area contributed by atoms with Crippen LogP contribution in [0.1, 0.15) is 0 Å². The fraction of sp³-hybridized carbons (Fsp3) is 0.0556. The standard InChI is InChI=1S/C18H12Cl3N3O2/c19-12-4-1-3-11(9-12)14-7-8-17(26)24(23-14)10-16(25)22-15-6-2-5-13(20)18(15)21/h1-9H,10H2,(H,22,25). The molecule has 26 heavy (non-hydrogen) atoms. The first-order chi connectivity index (χ1) is 12.4. The molecule has 1 heterocycles. The van der Waals surface area contributed by atoms with Gasteiger partial charge in [-0.3, -0.25) is 9.59 Å². The van der Waals surface area contributed by atoms with Gasteiger partial charge in [-0.2, -0.15) is 5.10 Å². The van der Waals surface area contributed by atoms with Crippen LogP contribution in [-0.2, 0) is 11.3 Å². The maximum atomic E-state index is 12.3. The summed E-state index contributed by atoms with van der Waals surface area (Å²) in [4.78, 5) is 24.3. The maximum Gasteiger partial charge on any atom is 0.267 e. The molecule has 0 atom stereocenters. The Kier molecular flexibility index (Phi) is 5.61. The molecule has 0 saturated heterocycles. The molecule has 0 radical (unpaired) electrons. The number of hydrogen-bond donors (Lipinski definition) is 1. The molecule has 1 amide bonds. The molecule has 0 fully saturated rings. The van der Waals surface area contributed by atoms with Crippen molar-refractivity contribution < 1.29 is 4.79 Å². The lowest BCUT2D eigenvalue weighted by atomic mass is 10.1. The average molecular weight is 409 g/mol. The highest BCUT2D eigenvalue weighted by molar-refractivity contribution is 6.44. The van der Waals surface area contributed by atoms with Crippen LogP contribution in [0.5, 0.6) is 0 Å². The van der Waals surface area contributed by atoms with Gasteiger partial charge in [0.25, 0.3) is 5.56 Å². The molecule has 0 bridgehead atoms. The normalized spacial score (nSPS) is 10.6. The Labute approximate surface area is 164 Å². The van der Waals surface area contributed by atoms with Crippen molar-refractivity contribution in [3.63, 3.8) is 0 Å². The van der Waals surface area contributed by atoms with E-state index in [0.29, 0.717) is 21.4 Å². The fourth-order valence-electron chi connectivity index (χ4n) is 2.29. The number of aromatic nitrogens is 2. The van der Waals surface area contributed by atoms with Gasteiger partial charge in [0.05, 0.1) is 21.4 Å². The maximum absolute atomic E-state index is 12.3. The van der Waals surface area contributed by atoms with Crippen LogP contribution in [0.25, 0.3) is 11.3 Å². The van der Waals surface area contributed by atoms with Crippen molar-refractivity contribution in [3.05, 3.63) is 80.0 Å². The third-order valence-electron chi connectivity index (χ3n) is 3.51. The number of nitrogens with zero attached hydrogens (tertiary/aromatic N) is 2. The van der Waals surface area contributed by atoms with E-state index in [2.05, 4.69) is 10.4 Å². The van der Waals surface area contributed by atoms with Gasteiger partial charge in [0.2, 0.25) is 5.91 Å². The Morgan fingerprint density at radius 1 is 1.04 bits per heavy atom. The lowest BCUT2D eigenvalue weighted by molar-refractivity contribution is -0.117. The van der Waals surface area contributed by atoms with E-state index in [-0.39, 0.29) is 11.6 Å². The van der Waals surface area contributed by atoms with Gasteiger partial charge >= 0.3 is 0 Å². The second-order valence-electron chi connectivity index (χ2n) is 5.37. The number of nitrogens with one attached hydrogen (secondary N) is 1. The molecule has 2 aromatic carbocycles. The van der Waals surface area contributed by atoms with Crippen LogP contribution in [0.15, 0.2) is 59.4 Å². The van der Waals surface area contributed by atoms with Crippen molar-refractivity contribution >= 4 is 46.4 Å². The number of benzene rings is 2. The van der Waals surface area contributed by atoms with Gasteiger partial charge in [0, 0.05) is 16.7 Å². The first kappa shape index (κ1) is 18.5. The van der Waals surface area contributed by atoms with E-state index in [9.17, 15) is 9.59 Å². The summed E-state index contributed by atoms with van der Waals surface area (Å²) < 4.78 is 1.07. The zero-order valence-electron chi connectivity index (χ0n) is 13.2. The van der Waals surface area contributed by atoms with E-state index in [4.69, 9.17) is 34.8 Å². The summed E-state index contributed by atoms with van der Waals surface area (Å²) in [6.45, 7) is -0.268. The van der Waals surface area contributed by atoms with Crippen LogP contribution < -0.4 is 10.9 Å². The van der Waals surface area contributed by atoms with Crippen molar-refractivity contribution in [2.45, 2.75) is 6.54 Å². The Hall–Kier alpha value is -2.34. The van der Waals surface area contributed by atoms with Gasteiger partial charge in [0.1, 0.15) is 6.54 Å². The number of anilines is 1. The second-order valence-corrected chi connectivity index (χ2v) is 6.60. The Balaban J connectivity index is 1.83. The highest BCUT2D eigenvalue weighted by Crippen LogP contribution is 2.29. The summed E-state index contributed by atoms with van der Waals surface area (Å²) in [6.07, 6.45) is 0. The average Bonchev–Trinajstić information content (AvgIpc) is 2.61. The summed E-state index contributed by atoms with van der Waals surface area (Å²) >= 11 is 18.0. The third kappa shape index (κ3) is 4.25. The molecule has 132 valence electrons. The predicted octanol–water partition coefficient (Wildman–Crippen LogP) is 4.51. The van der Waals surface area contributed by atoms with Gasteiger partial charge in [0.15, 0.2) is 0 Å². The number of carbonyl (C=O) groups excluding carboxylic acids is 1. The zero-order chi connectivity index (χ0) is 18.7. The van der Waals surface area contributed by atoms with Gasteiger partial charge in [-0.25, -0.2) is 4.68 Å². The largest absolute Gasteiger partial charge is 0.323 e. The lowest BCUT2D eigenvalue weighted by Gasteiger charge is -2.10. The molecule has 0 saturated carbocycles. The molecule has 0 unspecified atom stereocenters. The second kappa shape index (κ2) is 7.91. The minimum absolute atomic E-state index is 0.232. The van der Waals surface area contributed by atoms with Gasteiger partial charge in [-0.1, -0.05) is 53.0 Å². The summed E-state index contributed by atoms with van der Waals surface area (Å²) in [6, 6.07) is 14.9. The van der Waals surface area contributed by atoms with Crippen LogP contribution in [0.4, 0.5) is 5.69 Å². The molecule has 0 aliphatic heterocycles. The lowest BCUT2D eigenvalue weighted by Crippen LogP contribution is -2.29. The van der Waals surface area contributed by atoms with E-state index in [0.717, 1.165) is 10.2 Å². The molecule has 8 heteroatoms. The molecular formula is C18H12Cl3N3O2. The highest BCUT2D eigenvalue weighted by atomic mass is 35.5. The molecule has 1 N–H and O–H groups in total. The SMILES string of the molecule is O=C(Cn1nc(-c2cccc(Cl)c2)ccc1=O)Nc1cccc(Cl)c1Cl. The summed E-state index contributed by atoms with van der Waals surface area (Å²) in [5, 5.41) is 7.95. The van der Waals surface area contributed by atoms with Gasteiger partial charge < -0.3 is 5.32 Å². The highest BCUT2D eigenvalue weighted by Gasteiger charge is 2.11. The molecule has 0 aliphatic carbocycles. The van der Waals surface area contributed by atoms with Crippen LogP contribution in [0.2, 0.25) is 15.1 Å². The van der Waals surface area contributed by atoms with Crippen molar-refractivity contribution in [1.82, 2.24) is 9.78 Å². The van der Waals surface area contributed by atoms with Gasteiger partial charge in [-0.15, -0.1) is 0 Å². The van der Waals surface area contributed by atoms with Gasteiger partial charge in [-0.05, 0) is 30.3 Å². The number of halogens is 3. The molecule has 3 aromatic rings. The molecular weight excluding hydrogens is 397 g/mol. The van der Waals surface area contributed by atoms with E-state index in [1.165, 1.54) is 6.07 Å². The van der Waals surface area contributed by atoms with Crippen LogP contribution in [0.3, 0.4) is 0 Å². The van der Waals surface area contributed by atoms with E-state index < -0.39 is 11.5 Å². The first-order valence-corrected chi connectivity index (χ1v) is 8.65. The first-order valence-electron chi connectivity index (χ1n) is 7.52. The minimum Gasteiger partial charge on any atom is -0.323 e. The van der Waals surface area contributed by atoms with Crippen molar-refractivity contribution in [2.24, 2.45) is 0 Å². The third-order valence-corrected chi connectivity index (χ3v) is 4.56. The number of hydrogen-bond acceptors (Lipinski definition) is 3. The number of carbonyl (C=O) groups is 1. The van der Waals surface area contributed by atoms with E-state index >= 15 is 0 Å². The Morgan fingerprint density at radius 2 is 1.81 bits per heavy atom. The molecule has 0 aliphatic rings. The number of amides is 1. The fourth-order valence-corrected chi connectivity index (χ4v) is 2.83. The number of rotatable bonds is 4. The Bertz CT molecular complexity index is 1030. The van der Waals surface area contributed by atoms with Crippen LogP contribution >= 0.6 is 34.8 Å². The van der Waals surface area contributed by atoms with Crippen molar-refractivity contribution in [1.29, 1.82) is 0 Å². The van der Waals surface area contributed by atoms with Crippen molar-refractivity contribution in [2.75, 3.05) is 5.32 Å². The van der Waals surface area contributed by atoms with Crippen LogP contribution in [-0.4, -0.2) is 15.7 Å². The quantitative estimate of drug-likeness (QED) is 0.691. The zero-order valence-corrected chi connectivity index (χ0v) is 15.5. The smallest absolute Gasteiger partial charge is 0.267 e. The Morgan fingerprint density at radius 3 is 2.58 bits per heavy atom. The minimum atomic E-state index is -0.452. The van der Waals surface area contributed by atoms with E-state index in [1.807, 2.05) is 6.07 Å². The van der Waals surface area contributed by atoms with E-state index in [1.54, 1.807) is 42.5 Å². The van der Waals surface area contributed by atoms with Crippen LogP contribution in [0, 0.1) is 0 Å². The summed E-state index contributed by atoms with van der Waals surface area (Å²) in [5.41, 5.74) is 1.23. The molecule has 1 aromatic heterocycles. The summed E-state index contributed by atoms with van der Waals surface area (Å²) in [7, 11) is 0. The van der Waals surface area contributed by atoms with Crippen molar-refractivity contribution in [3.8, 4) is 11.3 Å². The molecule has 0 spiro atoms. The topological polar surface area (TPSA) is 64.0 Å².